The van der Waals surface area contributed by atoms with Crippen LogP contribution in [0.3, 0.4) is 0 Å². The van der Waals surface area contributed by atoms with Gasteiger partial charge in [-0.3, -0.25) is 9.36 Å². The van der Waals surface area contributed by atoms with Gasteiger partial charge < -0.3 is 14.8 Å². The van der Waals surface area contributed by atoms with Crippen molar-refractivity contribution >= 4 is 23.4 Å². The quantitative estimate of drug-likeness (QED) is 0.219. The summed E-state index contributed by atoms with van der Waals surface area (Å²) in [7, 11) is 1.64. The molecule has 0 fully saturated rings. The van der Waals surface area contributed by atoms with Crippen molar-refractivity contribution in [1.82, 2.24) is 14.8 Å². The molecule has 0 bridgehead atoms. The van der Waals surface area contributed by atoms with Gasteiger partial charge in [0, 0.05) is 16.9 Å². The molecule has 0 unspecified atom stereocenters. The molecule has 0 atom stereocenters. The molecule has 4 rings (SSSR count). The smallest absolute Gasteiger partial charge is 0.234 e. The van der Waals surface area contributed by atoms with Gasteiger partial charge in [-0.05, 0) is 86.0 Å². The molecule has 3 aromatic carbocycles. The van der Waals surface area contributed by atoms with Gasteiger partial charge in [-0.25, -0.2) is 0 Å². The number of carbonyl (C=O) groups is 1. The molecule has 37 heavy (non-hydrogen) atoms. The van der Waals surface area contributed by atoms with Crippen LogP contribution in [0.5, 0.6) is 11.5 Å². The van der Waals surface area contributed by atoms with Gasteiger partial charge in [0.1, 0.15) is 11.5 Å². The predicted octanol–water partition coefficient (Wildman–Crippen LogP) is 6.42. The number of hydrogen-bond donors (Lipinski definition) is 1. The lowest BCUT2D eigenvalue weighted by molar-refractivity contribution is -0.113. The highest BCUT2D eigenvalue weighted by molar-refractivity contribution is 7.99. The average molecular weight is 517 g/mol. The van der Waals surface area contributed by atoms with Gasteiger partial charge in [-0.2, -0.15) is 0 Å². The molecule has 0 spiro atoms. The SMILES string of the molecule is CCCCc1ccc(NC(=O)CSc2nnc(-c3ccc(OC)cc3)n2-c2ccc(OCC)cc2)cc1. The van der Waals surface area contributed by atoms with Crippen LogP contribution in [0.1, 0.15) is 32.3 Å². The first-order chi connectivity index (χ1) is 18.1. The maximum Gasteiger partial charge on any atom is 0.234 e. The number of benzene rings is 3. The number of ether oxygens (including phenoxy) is 2. The molecule has 0 radical (unpaired) electrons. The molecule has 8 heteroatoms. The second kappa shape index (κ2) is 13.0. The maximum atomic E-state index is 12.7. The molecule has 192 valence electrons. The summed E-state index contributed by atoms with van der Waals surface area (Å²) in [6.45, 7) is 4.74. The fraction of sp³-hybridized carbons (Fsp3) is 0.276. The van der Waals surface area contributed by atoms with E-state index in [1.165, 1.54) is 17.3 Å². The summed E-state index contributed by atoms with van der Waals surface area (Å²) in [6, 6.07) is 23.5. The normalized spacial score (nSPS) is 10.8. The zero-order valence-electron chi connectivity index (χ0n) is 21.4. The second-order valence-corrected chi connectivity index (χ2v) is 9.38. The van der Waals surface area contributed by atoms with Crippen LogP contribution in [0.25, 0.3) is 17.1 Å². The highest BCUT2D eigenvalue weighted by Crippen LogP contribution is 2.30. The van der Waals surface area contributed by atoms with Gasteiger partial charge in [0.2, 0.25) is 5.91 Å². The Hall–Kier alpha value is -3.78. The number of nitrogens with one attached hydrogen (secondary N) is 1. The Kier molecular flexibility index (Phi) is 9.21. The third-order valence-corrected chi connectivity index (χ3v) is 6.71. The minimum absolute atomic E-state index is 0.0986. The number of rotatable bonds is 12. The lowest BCUT2D eigenvalue weighted by Crippen LogP contribution is -2.14. The molecule has 1 heterocycles. The van der Waals surface area contributed by atoms with Crippen molar-refractivity contribution in [2.45, 2.75) is 38.3 Å². The van der Waals surface area contributed by atoms with E-state index in [2.05, 4.69) is 34.6 Å². The number of hydrogen-bond acceptors (Lipinski definition) is 6. The van der Waals surface area contributed by atoms with Gasteiger partial charge in [-0.1, -0.05) is 37.2 Å². The average Bonchev–Trinajstić information content (AvgIpc) is 3.36. The number of anilines is 1. The minimum atomic E-state index is -0.0986. The first-order valence-electron chi connectivity index (χ1n) is 12.5. The molecule has 0 saturated heterocycles. The molecule has 0 aliphatic rings. The van der Waals surface area contributed by atoms with Crippen LogP contribution in [0.4, 0.5) is 5.69 Å². The summed E-state index contributed by atoms with van der Waals surface area (Å²) >= 11 is 1.34. The molecule has 4 aromatic rings. The van der Waals surface area contributed by atoms with Crippen molar-refractivity contribution in [1.29, 1.82) is 0 Å². The molecule has 1 N–H and O–H groups in total. The Morgan fingerprint density at radius 1 is 0.919 bits per heavy atom. The largest absolute Gasteiger partial charge is 0.497 e. The zero-order valence-corrected chi connectivity index (χ0v) is 22.3. The van der Waals surface area contributed by atoms with E-state index in [1.807, 2.05) is 72.2 Å². The minimum Gasteiger partial charge on any atom is -0.497 e. The molecule has 1 aromatic heterocycles. The van der Waals surface area contributed by atoms with E-state index in [0.717, 1.165) is 47.7 Å². The summed E-state index contributed by atoms with van der Waals surface area (Å²) in [5, 5.41) is 12.5. The van der Waals surface area contributed by atoms with E-state index >= 15 is 0 Å². The van der Waals surface area contributed by atoms with Crippen LogP contribution in [0.15, 0.2) is 78.0 Å². The molecule has 7 nitrogen and oxygen atoms in total. The van der Waals surface area contributed by atoms with Crippen LogP contribution in [0, 0.1) is 0 Å². The number of thioether (sulfide) groups is 1. The van der Waals surface area contributed by atoms with Crippen molar-refractivity contribution in [3.8, 4) is 28.6 Å². The Bertz CT molecular complexity index is 1290. The van der Waals surface area contributed by atoms with Crippen LogP contribution < -0.4 is 14.8 Å². The lowest BCUT2D eigenvalue weighted by Gasteiger charge is -2.12. The van der Waals surface area contributed by atoms with E-state index in [1.54, 1.807) is 7.11 Å². The first-order valence-corrected chi connectivity index (χ1v) is 13.4. The zero-order chi connectivity index (χ0) is 26.0. The highest BCUT2D eigenvalue weighted by Gasteiger charge is 2.18. The van der Waals surface area contributed by atoms with Crippen molar-refractivity contribution in [2.75, 3.05) is 24.8 Å². The summed E-state index contributed by atoms with van der Waals surface area (Å²) in [6.07, 6.45) is 3.38. The predicted molar refractivity (Wildman–Crippen MR) is 149 cm³/mol. The highest BCUT2D eigenvalue weighted by atomic mass is 32.2. The Morgan fingerprint density at radius 2 is 1.62 bits per heavy atom. The number of carbonyl (C=O) groups excluding carboxylic acids is 1. The van der Waals surface area contributed by atoms with E-state index < -0.39 is 0 Å². The lowest BCUT2D eigenvalue weighted by atomic mass is 10.1. The van der Waals surface area contributed by atoms with E-state index in [9.17, 15) is 4.79 Å². The molecular weight excluding hydrogens is 484 g/mol. The van der Waals surface area contributed by atoms with Crippen molar-refractivity contribution in [2.24, 2.45) is 0 Å². The first kappa shape index (κ1) is 26.3. The fourth-order valence-corrected chi connectivity index (χ4v) is 4.60. The van der Waals surface area contributed by atoms with Gasteiger partial charge in [0.05, 0.1) is 19.5 Å². The Labute approximate surface area is 222 Å². The third-order valence-electron chi connectivity index (χ3n) is 5.78. The summed E-state index contributed by atoms with van der Waals surface area (Å²) in [5.41, 5.74) is 3.84. The standard InChI is InChI=1S/C29H32N4O3S/c1-4-6-7-21-8-12-23(13-9-21)30-27(34)20-37-29-32-31-28(22-10-16-25(35-3)17-11-22)33(29)24-14-18-26(19-15-24)36-5-2/h8-19H,4-7,20H2,1-3H3,(H,30,34). The second-order valence-electron chi connectivity index (χ2n) is 8.43. The van der Waals surface area contributed by atoms with Crippen molar-refractivity contribution < 1.29 is 14.3 Å². The topological polar surface area (TPSA) is 78.3 Å². The molecule has 1 amide bonds. The number of nitrogens with zero attached hydrogens (tertiary/aromatic N) is 3. The molecule has 0 aliphatic heterocycles. The van der Waals surface area contributed by atoms with E-state index in [-0.39, 0.29) is 11.7 Å². The van der Waals surface area contributed by atoms with Gasteiger partial charge >= 0.3 is 0 Å². The Balaban J connectivity index is 1.52. The molecule has 0 saturated carbocycles. The number of amides is 1. The van der Waals surface area contributed by atoms with Crippen LogP contribution in [0.2, 0.25) is 0 Å². The number of aryl methyl sites for hydroxylation is 1. The van der Waals surface area contributed by atoms with Crippen molar-refractivity contribution in [3.05, 3.63) is 78.4 Å². The van der Waals surface area contributed by atoms with Gasteiger partial charge in [0.15, 0.2) is 11.0 Å². The van der Waals surface area contributed by atoms with Crippen LogP contribution in [-0.2, 0) is 11.2 Å². The fourth-order valence-electron chi connectivity index (χ4n) is 3.84. The summed E-state index contributed by atoms with van der Waals surface area (Å²) in [4.78, 5) is 12.7. The molecule has 0 aliphatic carbocycles. The van der Waals surface area contributed by atoms with Gasteiger partial charge in [0.25, 0.3) is 0 Å². The maximum absolute atomic E-state index is 12.7. The van der Waals surface area contributed by atoms with Crippen molar-refractivity contribution in [3.63, 3.8) is 0 Å². The van der Waals surface area contributed by atoms with Crippen LogP contribution in [-0.4, -0.2) is 40.1 Å². The number of unbranched alkanes of at least 4 members (excludes halogenated alkanes) is 1. The van der Waals surface area contributed by atoms with E-state index in [4.69, 9.17) is 9.47 Å². The monoisotopic (exact) mass is 516 g/mol. The molecular formula is C29H32N4O3S. The van der Waals surface area contributed by atoms with Gasteiger partial charge in [-0.15, -0.1) is 10.2 Å². The Morgan fingerprint density at radius 3 is 2.27 bits per heavy atom. The third kappa shape index (κ3) is 6.92. The summed E-state index contributed by atoms with van der Waals surface area (Å²) < 4.78 is 12.8. The number of methoxy groups -OCH3 is 1. The van der Waals surface area contributed by atoms with E-state index in [0.29, 0.717) is 17.6 Å². The number of aromatic nitrogens is 3. The van der Waals surface area contributed by atoms with Crippen LogP contribution >= 0.6 is 11.8 Å². The summed E-state index contributed by atoms with van der Waals surface area (Å²) in [5.74, 6) is 2.34.